The molecular formula is C12H22N2O3S. The van der Waals surface area contributed by atoms with Crippen molar-refractivity contribution < 1.29 is 14.7 Å². The van der Waals surface area contributed by atoms with Crippen LogP contribution in [0.25, 0.3) is 0 Å². The van der Waals surface area contributed by atoms with Gasteiger partial charge in [0.25, 0.3) is 0 Å². The molecule has 2 N–H and O–H groups in total. The van der Waals surface area contributed by atoms with Crippen molar-refractivity contribution in [3.05, 3.63) is 0 Å². The molecule has 0 aromatic rings. The molecule has 0 aromatic heterocycles. The lowest BCUT2D eigenvalue weighted by Gasteiger charge is -2.30. The van der Waals surface area contributed by atoms with Gasteiger partial charge < -0.3 is 15.3 Å². The Morgan fingerprint density at radius 2 is 1.94 bits per heavy atom. The Labute approximate surface area is 112 Å². The highest BCUT2D eigenvalue weighted by molar-refractivity contribution is 7.99. The number of nitrogens with one attached hydrogen (secondary N) is 1. The molecule has 6 heteroatoms. The van der Waals surface area contributed by atoms with E-state index in [1.165, 1.54) is 0 Å². The summed E-state index contributed by atoms with van der Waals surface area (Å²) < 4.78 is 0. The van der Waals surface area contributed by atoms with E-state index in [2.05, 4.69) is 5.32 Å². The Kier molecular flexibility index (Phi) is 5.31. The fourth-order valence-electron chi connectivity index (χ4n) is 1.81. The van der Waals surface area contributed by atoms with E-state index in [4.69, 9.17) is 0 Å². The predicted molar refractivity (Wildman–Crippen MR) is 72.9 cm³/mol. The molecule has 0 spiro atoms. The first-order chi connectivity index (χ1) is 8.32. The lowest BCUT2D eigenvalue weighted by molar-refractivity contribution is -0.142. The van der Waals surface area contributed by atoms with Gasteiger partial charge in [-0.15, -0.1) is 0 Å². The zero-order valence-electron chi connectivity index (χ0n) is 11.2. The summed E-state index contributed by atoms with van der Waals surface area (Å²) in [5.74, 6) is 0.992. The molecule has 0 radical (unpaired) electrons. The maximum atomic E-state index is 12.1. The number of urea groups is 1. The highest BCUT2D eigenvalue weighted by Gasteiger charge is 2.33. The van der Waals surface area contributed by atoms with E-state index in [1.54, 1.807) is 4.90 Å². The zero-order chi connectivity index (χ0) is 13.8. The minimum Gasteiger partial charge on any atom is -0.480 e. The van der Waals surface area contributed by atoms with Crippen LogP contribution in [0.2, 0.25) is 0 Å². The topological polar surface area (TPSA) is 69.6 Å². The van der Waals surface area contributed by atoms with E-state index in [1.807, 2.05) is 32.5 Å². The third kappa shape index (κ3) is 4.40. The second kappa shape index (κ2) is 6.31. The Balaban J connectivity index is 2.63. The van der Waals surface area contributed by atoms with Crippen LogP contribution >= 0.6 is 11.8 Å². The van der Waals surface area contributed by atoms with E-state index in [0.29, 0.717) is 13.1 Å². The summed E-state index contributed by atoms with van der Waals surface area (Å²) in [6, 6.07) is -1.12. The first kappa shape index (κ1) is 15.1. The smallest absolute Gasteiger partial charge is 0.326 e. The Morgan fingerprint density at radius 3 is 2.50 bits per heavy atom. The number of carboxylic acids is 1. The number of hydrogen-bond donors (Lipinski definition) is 2. The van der Waals surface area contributed by atoms with Gasteiger partial charge in [0.15, 0.2) is 0 Å². The zero-order valence-corrected chi connectivity index (χ0v) is 12.0. The molecule has 1 rings (SSSR count). The van der Waals surface area contributed by atoms with Gasteiger partial charge in [0.05, 0.1) is 0 Å². The van der Waals surface area contributed by atoms with Gasteiger partial charge in [-0.3, -0.25) is 0 Å². The summed E-state index contributed by atoms with van der Waals surface area (Å²) >= 11 is 1.83. The second-order valence-electron chi connectivity index (χ2n) is 5.54. The van der Waals surface area contributed by atoms with Crippen molar-refractivity contribution in [3.63, 3.8) is 0 Å². The number of thioether (sulfide) groups is 1. The molecule has 1 aliphatic heterocycles. The lowest BCUT2D eigenvalue weighted by atomic mass is 9.87. The SMILES string of the molecule is CC(C)(C)C(NC(=O)N1CCCSCC1)C(=O)O. The van der Waals surface area contributed by atoms with Crippen LogP contribution in [0, 0.1) is 5.41 Å². The summed E-state index contributed by atoms with van der Waals surface area (Å²) in [7, 11) is 0. The molecule has 1 fully saturated rings. The van der Waals surface area contributed by atoms with E-state index in [0.717, 1.165) is 17.9 Å². The van der Waals surface area contributed by atoms with E-state index >= 15 is 0 Å². The molecule has 0 bridgehead atoms. The molecule has 5 nitrogen and oxygen atoms in total. The molecule has 104 valence electrons. The number of aliphatic carboxylic acids is 1. The van der Waals surface area contributed by atoms with Crippen LogP contribution in [-0.4, -0.2) is 52.6 Å². The normalized spacial score (nSPS) is 18.9. The number of carbonyl (C=O) groups is 2. The lowest BCUT2D eigenvalue weighted by Crippen LogP contribution is -2.53. The number of carboxylic acid groups (broad SMARTS) is 1. The van der Waals surface area contributed by atoms with Gasteiger partial charge in [0.1, 0.15) is 6.04 Å². The van der Waals surface area contributed by atoms with Crippen molar-refractivity contribution in [3.8, 4) is 0 Å². The van der Waals surface area contributed by atoms with Gasteiger partial charge in [-0.05, 0) is 17.6 Å². The third-order valence-corrected chi connectivity index (χ3v) is 3.94. The second-order valence-corrected chi connectivity index (χ2v) is 6.76. The molecule has 1 saturated heterocycles. The highest BCUT2D eigenvalue weighted by Crippen LogP contribution is 2.20. The van der Waals surface area contributed by atoms with Crippen LogP contribution in [0.4, 0.5) is 4.79 Å². The summed E-state index contributed by atoms with van der Waals surface area (Å²) in [5.41, 5.74) is -0.498. The van der Waals surface area contributed by atoms with E-state index in [9.17, 15) is 14.7 Å². The maximum Gasteiger partial charge on any atom is 0.326 e. The van der Waals surface area contributed by atoms with Gasteiger partial charge in [-0.1, -0.05) is 20.8 Å². The van der Waals surface area contributed by atoms with Crippen LogP contribution < -0.4 is 5.32 Å². The average Bonchev–Trinajstić information content (AvgIpc) is 2.51. The molecule has 1 unspecified atom stereocenters. The first-order valence-corrected chi connectivity index (χ1v) is 7.34. The molecule has 1 atom stereocenters. The first-order valence-electron chi connectivity index (χ1n) is 6.18. The summed E-state index contributed by atoms with van der Waals surface area (Å²) in [5, 5.41) is 11.8. The molecule has 2 amide bonds. The van der Waals surface area contributed by atoms with Gasteiger partial charge in [-0.25, -0.2) is 9.59 Å². The van der Waals surface area contributed by atoms with Crippen molar-refractivity contribution in [2.24, 2.45) is 5.41 Å². The molecule has 1 heterocycles. The van der Waals surface area contributed by atoms with E-state index < -0.39 is 17.4 Å². The maximum absolute atomic E-state index is 12.1. The van der Waals surface area contributed by atoms with Gasteiger partial charge in [-0.2, -0.15) is 11.8 Å². The number of hydrogen-bond acceptors (Lipinski definition) is 3. The predicted octanol–water partition coefficient (Wildman–Crippen LogP) is 1.63. The number of carbonyl (C=O) groups excluding carboxylic acids is 1. The van der Waals surface area contributed by atoms with Crippen LogP contribution in [0.1, 0.15) is 27.2 Å². The fraction of sp³-hybridized carbons (Fsp3) is 0.833. The minimum atomic E-state index is -0.986. The molecular weight excluding hydrogens is 252 g/mol. The van der Waals surface area contributed by atoms with Crippen LogP contribution in [0.5, 0.6) is 0 Å². The van der Waals surface area contributed by atoms with Crippen LogP contribution in [-0.2, 0) is 4.79 Å². The monoisotopic (exact) mass is 274 g/mol. The molecule has 0 aromatic carbocycles. The van der Waals surface area contributed by atoms with Crippen LogP contribution in [0.15, 0.2) is 0 Å². The quantitative estimate of drug-likeness (QED) is 0.803. The van der Waals surface area contributed by atoms with Crippen molar-refractivity contribution in [1.82, 2.24) is 10.2 Å². The van der Waals surface area contributed by atoms with Gasteiger partial charge in [0.2, 0.25) is 0 Å². The van der Waals surface area contributed by atoms with Crippen LogP contribution in [0.3, 0.4) is 0 Å². The van der Waals surface area contributed by atoms with Crippen molar-refractivity contribution in [2.75, 3.05) is 24.6 Å². The fourth-order valence-corrected chi connectivity index (χ4v) is 2.70. The summed E-state index contributed by atoms with van der Waals surface area (Å²) in [6.07, 6.45) is 0.964. The number of amides is 2. The largest absolute Gasteiger partial charge is 0.480 e. The average molecular weight is 274 g/mol. The third-order valence-electron chi connectivity index (χ3n) is 2.89. The Morgan fingerprint density at radius 1 is 1.28 bits per heavy atom. The number of rotatable bonds is 2. The highest BCUT2D eigenvalue weighted by atomic mass is 32.2. The molecule has 18 heavy (non-hydrogen) atoms. The summed E-state index contributed by atoms with van der Waals surface area (Å²) in [4.78, 5) is 25.0. The molecule has 1 aliphatic rings. The van der Waals surface area contributed by atoms with Crippen molar-refractivity contribution >= 4 is 23.8 Å². The summed E-state index contributed by atoms with van der Waals surface area (Å²) in [6.45, 7) is 6.82. The van der Waals surface area contributed by atoms with Gasteiger partial charge in [0, 0.05) is 18.8 Å². The number of nitrogens with zero attached hydrogens (tertiary/aromatic N) is 1. The van der Waals surface area contributed by atoms with Crippen molar-refractivity contribution in [1.29, 1.82) is 0 Å². The minimum absolute atomic E-state index is 0.264. The Hall–Kier alpha value is -0.910. The van der Waals surface area contributed by atoms with Gasteiger partial charge >= 0.3 is 12.0 Å². The Bertz CT molecular complexity index is 307. The van der Waals surface area contributed by atoms with Crippen molar-refractivity contribution in [2.45, 2.75) is 33.2 Å². The standard InChI is InChI=1S/C12H22N2O3S/c1-12(2,3)9(10(15)16)13-11(17)14-5-4-7-18-8-6-14/h9H,4-8H2,1-3H3,(H,13,17)(H,15,16). The van der Waals surface area contributed by atoms with E-state index in [-0.39, 0.29) is 6.03 Å². The molecule has 0 aliphatic carbocycles. The molecule has 0 saturated carbocycles.